The second-order valence-electron chi connectivity index (χ2n) is 5.72. The molecule has 0 unspecified atom stereocenters. The van der Waals surface area contributed by atoms with E-state index in [1.165, 1.54) is 11.2 Å². The Bertz CT molecular complexity index is 609. The van der Waals surface area contributed by atoms with Crippen molar-refractivity contribution in [3.63, 3.8) is 0 Å². The second-order valence-corrected chi connectivity index (χ2v) is 5.72. The summed E-state index contributed by atoms with van der Waals surface area (Å²) in [6.07, 6.45) is 0. The van der Waals surface area contributed by atoms with Crippen LogP contribution in [0, 0.1) is 12.8 Å². The number of benzene rings is 1. The lowest BCUT2D eigenvalue weighted by Crippen LogP contribution is -2.20. The Hall–Kier alpha value is -1.68. The van der Waals surface area contributed by atoms with Gasteiger partial charge in [-0.1, -0.05) is 32.0 Å². The van der Waals surface area contributed by atoms with Crippen molar-refractivity contribution in [1.82, 2.24) is 14.7 Å². The molecule has 4 nitrogen and oxygen atoms in total. The number of hydrogen-bond donors (Lipinski definition) is 0. The van der Waals surface area contributed by atoms with E-state index in [0.29, 0.717) is 0 Å². The first kappa shape index (κ1) is 16.4. The first-order valence-corrected chi connectivity index (χ1v) is 6.90. The predicted molar refractivity (Wildman–Crippen MR) is 85.1 cm³/mol. The third-order valence-electron chi connectivity index (χ3n) is 2.87. The highest BCUT2D eigenvalue weighted by Gasteiger charge is 2.03. The van der Waals surface area contributed by atoms with Gasteiger partial charge in [0.15, 0.2) is 0 Å². The van der Waals surface area contributed by atoms with Crippen LogP contribution >= 0.6 is 0 Å². The number of hydrogen-bond acceptors (Lipinski definition) is 3. The summed E-state index contributed by atoms with van der Waals surface area (Å²) in [5.74, 6) is 0.801. The van der Waals surface area contributed by atoms with Gasteiger partial charge in [-0.3, -0.25) is 4.79 Å². The van der Waals surface area contributed by atoms with Gasteiger partial charge in [-0.15, -0.1) is 0 Å². The average molecular weight is 275 g/mol. The number of fused-ring (bicyclic) bond motifs is 1. The molecule has 0 saturated carbocycles. The van der Waals surface area contributed by atoms with Crippen LogP contribution in [0.5, 0.6) is 0 Å². The molecular weight excluding hydrogens is 250 g/mol. The van der Waals surface area contributed by atoms with Crippen molar-refractivity contribution < 1.29 is 0 Å². The Balaban J connectivity index is 0.000000246. The van der Waals surface area contributed by atoms with Crippen LogP contribution in [0.3, 0.4) is 0 Å². The Morgan fingerprint density at radius 2 is 1.75 bits per heavy atom. The maximum Gasteiger partial charge on any atom is 0.274 e. The molecule has 20 heavy (non-hydrogen) atoms. The summed E-state index contributed by atoms with van der Waals surface area (Å²) >= 11 is 0. The zero-order valence-electron chi connectivity index (χ0n) is 13.3. The summed E-state index contributed by atoms with van der Waals surface area (Å²) in [5.41, 5.74) is 0.846. The second kappa shape index (κ2) is 7.20. The van der Waals surface area contributed by atoms with E-state index in [1.807, 2.05) is 31.2 Å². The van der Waals surface area contributed by atoms with Crippen molar-refractivity contribution >= 4 is 10.8 Å². The molecule has 0 aliphatic carbocycles. The quantitative estimate of drug-likeness (QED) is 0.845. The topological polar surface area (TPSA) is 38.1 Å². The van der Waals surface area contributed by atoms with Crippen molar-refractivity contribution in [2.75, 3.05) is 20.6 Å². The van der Waals surface area contributed by atoms with Crippen LogP contribution < -0.4 is 5.56 Å². The van der Waals surface area contributed by atoms with Gasteiger partial charge in [-0.2, -0.15) is 5.10 Å². The van der Waals surface area contributed by atoms with Gasteiger partial charge < -0.3 is 4.90 Å². The molecule has 0 saturated heterocycles. The molecule has 2 aromatic rings. The van der Waals surface area contributed by atoms with Crippen LogP contribution in [0.2, 0.25) is 0 Å². The van der Waals surface area contributed by atoms with E-state index in [4.69, 9.17) is 0 Å². The predicted octanol–water partition coefficient (Wildman–Crippen LogP) is 2.45. The molecule has 0 atom stereocenters. The van der Waals surface area contributed by atoms with Gasteiger partial charge >= 0.3 is 0 Å². The van der Waals surface area contributed by atoms with Crippen LogP contribution in [0.1, 0.15) is 19.5 Å². The van der Waals surface area contributed by atoms with Crippen molar-refractivity contribution in [1.29, 1.82) is 0 Å². The molecule has 0 aliphatic heterocycles. The Morgan fingerprint density at radius 1 is 1.20 bits per heavy atom. The fourth-order valence-corrected chi connectivity index (χ4v) is 2.21. The first-order chi connectivity index (χ1) is 9.32. The van der Waals surface area contributed by atoms with Crippen molar-refractivity contribution in [2.24, 2.45) is 13.0 Å². The summed E-state index contributed by atoms with van der Waals surface area (Å²) in [4.78, 5) is 13.8. The molecule has 0 fully saturated rings. The van der Waals surface area contributed by atoms with Crippen molar-refractivity contribution in [2.45, 2.75) is 20.8 Å². The van der Waals surface area contributed by atoms with E-state index >= 15 is 0 Å². The van der Waals surface area contributed by atoms with E-state index in [1.54, 1.807) is 7.05 Å². The van der Waals surface area contributed by atoms with Gasteiger partial charge in [0, 0.05) is 12.4 Å². The lowest BCUT2D eigenvalue weighted by atomic mass is 10.1. The molecule has 1 heterocycles. The molecule has 1 aromatic carbocycles. The fraction of sp³-hybridized carbons (Fsp3) is 0.500. The summed E-state index contributed by atoms with van der Waals surface area (Å²) in [7, 11) is 5.86. The van der Waals surface area contributed by atoms with Gasteiger partial charge in [-0.25, -0.2) is 4.68 Å². The van der Waals surface area contributed by atoms with Gasteiger partial charge in [-0.05, 0) is 39.5 Å². The minimum Gasteiger partial charge on any atom is -0.309 e. The fourth-order valence-electron chi connectivity index (χ4n) is 2.21. The number of nitrogens with zero attached hydrogens (tertiary/aromatic N) is 3. The lowest BCUT2D eigenvalue weighted by molar-refractivity contribution is 0.354. The maximum atomic E-state index is 11.6. The Kier molecular flexibility index (Phi) is 5.89. The van der Waals surface area contributed by atoms with Crippen molar-refractivity contribution in [3.05, 3.63) is 40.3 Å². The van der Waals surface area contributed by atoms with E-state index in [-0.39, 0.29) is 5.56 Å². The highest BCUT2D eigenvalue weighted by atomic mass is 16.1. The summed E-state index contributed by atoms with van der Waals surface area (Å²) in [5, 5.41) is 5.78. The van der Waals surface area contributed by atoms with Gasteiger partial charge in [0.05, 0.1) is 11.1 Å². The minimum absolute atomic E-state index is 0.0406. The highest BCUT2D eigenvalue weighted by molar-refractivity contribution is 5.83. The minimum atomic E-state index is -0.0406. The molecule has 0 radical (unpaired) electrons. The number of aromatic nitrogens is 2. The molecule has 4 heteroatoms. The van der Waals surface area contributed by atoms with E-state index < -0.39 is 0 Å². The van der Waals surface area contributed by atoms with Crippen LogP contribution in [0.25, 0.3) is 10.8 Å². The van der Waals surface area contributed by atoms with Crippen LogP contribution in [0.4, 0.5) is 0 Å². The molecule has 0 spiro atoms. The van der Waals surface area contributed by atoms with Crippen LogP contribution in [-0.4, -0.2) is 35.3 Å². The summed E-state index contributed by atoms with van der Waals surface area (Å²) < 4.78 is 1.37. The lowest BCUT2D eigenvalue weighted by Gasteiger charge is -2.10. The molecule has 0 amide bonds. The van der Waals surface area contributed by atoms with Crippen LogP contribution in [-0.2, 0) is 7.05 Å². The van der Waals surface area contributed by atoms with Crippen molar-refractivity contribution in [3.8, 4) is 0 Å². The highest BCUT2D eigenvalue weighted by Crippen LogP contribution is 2.10. The Labute approximate surface area is 121 Å². The molecular formula is C16H25N3O. The Morgan fingerprint density at radius 3 is 2.20 bits per heavy atom. The molecule has 0 aliphatic rings. The normalized spacial score (nSPS) is 10.8. The van der Waals surface area contributed by atoms with E-state index in [9.17, 15) is 4.79 Å². The summed E-state index contributed by atoms with van der Waals surface area (Å²) in [6, 6.07) is 7.52. The third-order valence-corrected chi connectivity index (χ3v) is 2.87. The van der Waals surface area contributed by atoms with E-state index in [0.717, 1.165) is 22.4 Å². The van der Waals surface area contributed by atoms with Gasteiger partial charge in [0.1, 0.15) is 0 Å². The molecule has 1 aromatic heterocycles. The number of rotatable bonds is 2. The molecule has 110 valence electrons. The monoisotopic (exact) mass is 275 g/mol. The van der Waals surface area contributed by atoms with Gasteiger partial charge in [0.2, 0.25) is 0 Å². The first-order valence-electron chi connectivity index (χ1n) is 6.90. The largest absolute Gasteiger partial charge is 0.309 e. The average Bonchev–Trinajstić information content (AvgIpc) is 2.35. The zero-order valence-corrected chi connectivity index (χ0v) is 13.3. The maximum absolute atomic E-state index is 11.6. The third kappa shape index (κ3) is 4.46. The molecule has 2 rings (SSSR count). The zero-order chi connectivity index (χ0) is 15.3. The standard InChI is InChI=1S/C10H10N2O.C6H15N/c1-7-8-5-3-4-6-9(8)10(13)12(2)11-7;1-6(2)5-7(3)4/h3-6H,1-2H3;6H,5H2,1-4H3. The van der Waals surface area contributed by atoms with Gasteiger partial charge in [0.25, 0.3) is 5.56 Å². The van der Waals surface area contributed by atoms with E-state index in [2.05, 4.69) is 37.9 Å². The van der Waals surface area contributed by atoms with Crippen LogP contribution in [0.15, 0.2) is 29.1 Å². The SMILES string of the molecule is CC(C)CN(C)C.Cc1nn(C)c(=O)c2ccccc12. The smallest absolute Gasteiger partial charge is 0.274 e. The molecule has 0 N–H and O–H groups in total. The number of aryl methyl sites for hydroxylation is 2. The molecule has 0 bridgehead atoms. The summed E-state index contributed by atoms with van der Waals surface area (Å²) in [6.45, 7) is 7.54.